The van der Waals surface area contributed by atoms with Gasteiger partial charge in [0.25, 0.3) is 0 Å². The normalized spacial score (nSPS) is 15.9. The highest BCUT2D eigenvalue weighted by Crippen LogP contribution is 2.28. The molecule has 0 bridgehead atoms. The Balaban J connectivity index is 2.69. The van der Waals surface area contributed by atoms with Crippen molar-refractivity contribution in [2.45, 2.75) is 39.2 Å². The number of hydrogen-bond acceptors (Lipinski definition) is 4. The number of esters is 1. The van der Waals surface area contributed by atoms with Crippen molar-refractivity contribution < 1.29 is 14.3 Å². The van der Waals surface area contributed by atoms with Gasteiger partial charge in [0.1, 0.15) is 6.54 Å². The van der Waals surface area contributed by atoms with Crippen molar-refractivity contribution in [2.75, 3.05) is 13.2 Å². The quantitative estimate of drug-likeness (QED) is 0.549. The zero-order valence-electron chi connectivity index (χ0n) is 10.8. The average Bonchev–Trinajstić information content (AvgIpc) is 3.10. The second-order valence-electron chi connectivity index (χ2n) is 4.37. The molecule has 0 spiro atoms. The van der Waals surface area contributed by atoms with Gasteiger partial charge in [-0.1, -0.05) is 19.1 Å². The van der Waals surface area contributed by atoms with Crippen LogP contribution >= 0.6 is 12.2 Å². The van der Waals surface area contributed by atoms with E-state index in [4.69, 9.17) is 22.7 Å². The van der Waals surface area contributed by atoms with Crippen LogP contribution in [0.2, 0.25) is 0 Å². The van der Waals surface area contributed by atoms with Crippen molar-refractivity contribution in [3.05, 3.63) is 0 Å². The first-order valence-electron chi connectivity index (χ1n) is 6.26. The molecular formula is C12H20N2O3S. The molecule has 0 aromatic carbocycles. The van der Waals surface area contributed by atoms with Crippen molar-refractivity contribution in [3.8, 4) is 0 Å². The minimum Gasteiger partial charge on any atom is -0.465 e. The van der Waals surface area contributed by atoms with Crippen molar-refractivity contribution in [1.82, 2.24) is 4.90 Å². The molecule has 1 fully saturated rings. The summed E-state index contributed by atoms with van der Waals surface area (Å²) in [6.45, 7) is 3.91. The number of thiocarbonyl (C=S) groups is 1. The van der Waals surface area contributed by atoms with E-state index in [0.717, 1.165) is 12.8 Å². The first-order chi connectivity index (χ1) is 8.51. The van der Waals surface area contributed by atoms with E-state index in [2.05, 4.69) is 0 Å². The summed E-state index contributed by atoms with van der Waals surface area (Å²) >= 11 is 4.90. The maximum Gasteiger partial charge on any atom is 0.325 e. The maximum absolute atomic E-state index is 12.3. The number of carbonyl (C=O) groups excluding carboxylic acids is 2. The van der Waals surface area contributed by atoms with Gasteiger partial charge in [-0.05, 0) is 26.2 Å². The van der Waals surface area contributed by atoms with Gasteiger partial charge in [-0.25, -0.2) is 0 Å². The Bertz CT molecular complexity index is 342. The second-order valence-corrected chi connectivity index (χ2v) is 4.84. The molecule has 1 unspecified atom stereocenters. The average molecular weight is 272 g/mol. The van der Waals surface area contributed by atoms with Crippen LogP contribution in [0.25, 0.3) is 0 Å². The molecule has 2 N–H and O–H groups in total. The Morgan fingerprint density at radius 3 is 2.44 bits per heavy atom. The van der Waals surface area contributed by atoms with E-state index in [9.17, 15) is 9.59 Å². The molecule has 1 aliphatic rings. The molecule has 0 aliphatic heterocycles. The van der Waals surface area contributed by atoms with Gasteiger partial charge in [0, 0.05) is 6.04 Å². The SMILES string of the molecule is CCOC(=O)CN(C(=O)C(CC)C(N)=S)C1CC1. The molecule has 102 valence electrons. The summed E-state index contributed by atoms with van der Waals surface area (Å²) in [6, 6.07) is 0.144. The largest absolute Gasteiger partial charge is 0.465 e. The highest BCUT2D eigenvalue weighted by atomic mass is 32.1. The van der Waals surface area contributed by atoms with Crippen molar-refractivity contribution in [3.63, 3.8) is 0 Å². The van der Waals surface area contributed by atoms with Crippen molar-refractivity contribution >= 4 is 29.1 Å². The number of amides is 1. The van der Waals surface area contributed by atoms with Crippen LogP contribution in [0.4, 0.5) is 0 Å². The predicted octanol–water partition coefficient (Wildman–Crippen LogP) is 0.853. The molecule has 6 heteroatoms. The summed E-state index contributed by atoms with van der Waals surface area (Å²) < 4.78 is 4.88. The molecule has 0 aromatic rings. The molecule has 5 nitrogen and oxygen atoms in total. The zero-order chi connectivity index (χ0) is 13.7. The predicted molar refractivity (Wildman–Crippen MR) is 71.9 cm³/mol. The minimum absolute atomic E-state index is 0.00352. The number of nitrogens with two attached hydrogens (primary N) is 1. The summed E-state index contributed by atoms with van der Waals surface area (Å²) in [5, 5.41) is 0. The molecule has 1 atom stereocenters. The first kappa shape index (κ1) is 14.9. The summed E-state index contributed by atoms with van der Waals surface area (Å²) in [7, 11) is 0. The van der Waals surface area contributed by atoms with E-state index in [-0.39, 0.29) is 29.5 Å². The highest BCUT2D eigenvalue weighted by molar-refractivity contribution is 7.80. The standard InChI is InChI=1S/C12H20N2O3S/c1-3-9(11(13)18)12(16)14(8-5-6-8)7-10(15)17-4-2/h8-9H,3-7H2,1-2H3,(H2,13,18). The number of rotatable bonds is 7. The highest BCUT2D eigenvalue weighted by Gasteiger charge is 2.37. The van der Waals surface area contributed by atoms with E-state index in [1.807, 2.05) is 6.92 Å². The molecule has 1 saturated carbocycles. The third-order valence-corrected chi connectivity index (χ3v) is 3.21. The molecule has 0 radical (unpaired) electrons. The number of carbonyl (C=O) groups is 2. The number of nitrogens with zero attached hydrogens (tertiary/aromatic N) is 1. The van der Waals surface area contributed by atoms with Crippen LogP contribution in [0, 0.1) is 5.92 Å². The number of hydrogen-bond donors (Lipinski definition) is 1. The van der Waals surface area contributed by atoms with Crippen LogP contribution < -0.4 is 5.73 Å². The lowest BCUT2D eigenvalue weighted by molar-refractivity contribution is -0.150. The lowest BCUT2D eigenvalue weighted by atomic mass is 10.1. The minimum atomic E-state index is -0.477. The third kappa shape index (κ3) is 3.94. The molecule has 0 saturated heterocycles. The van der Waals surface area contributed by atoms with E-state index in [1.165, 1.54) is 0 Å². The Labute approximate surface area is 113 Å². The fourth-order valence-corrected chi connectivity index (χ4v) is 2.08. The maximum atomic E-state index is 12.3. The van der Waals surface area contributed by atoms with E-state index in [0.29, 0.717) is 13.0 Å². The molecule has 1 amide bonds. The summed E-state index contributed by atoms with van der Waals surface area (Å²) in [5.41, 5.74) is 5.56. The van der Waals surface area contributed by atoms with Crippen LogP contribution in [0.3, 0.4) is 0 Å². The first-order valence-corrected chi connectivity index (χ1v) is 6.67. The van der Waals surface area contributed by atoms with Gasteiger partial charge < -0.3 is 15.4 Å². The topological polar surface area (TPSA) is 72.6 Å². The van der Waals surface area contributed by atoms with Crippen LogP contribution in [-0.2, 0) is 14.3 Å². The second kappa shape index (κ2) is 6.68. The summed E-state index contributed by atoms with van der Waals surface area (Å²) in [6.07, 6.45) is 2.41. The van der Waals surface area contributed by atoms with Gasteiger partial charge in [-0.3, -0.25) is 9.59 Å². The molecular weight excluding hydrogens is 252 g/mol. The smallest absolute Gasteiger partial charge is 0.325 e. The summed E-state index contributed by atoms with van der Waals surface area (Å²) in [4.78, 5) is 25.5. The van der Waals surface area contributed by atoms with Crippen LogP contribution in [0.5, 0.6) is 0 Å². The van der Waals surface area contributed by atoms with Gasteiger partial charge in [-0.2, -0.15) is 0 Å². The van der Waals surface area contributed by atoms with Gasteiger partial charge in [0.05, 0.1) is 17.5 Å². The van der Waals surface area contributed by atoms with Crippen LogP contribution in [0.1, 0.15) is 33.1 Å². The fraction of sp³-hybridized carbons (Fsp3) is 0.750. The lowest BCUT2D eigenvalue weighted by Crippen LogP contribution is -2.45. The Morgan fingerprint density at radius 1 is 1.44 bits per heavy atom. The van der Waals surface area contributed by atoms with Crippen LogP contribution in [-0.4, -0.2) is 41.0 Å². The van der Waals surface area contributed by atoms with Gasteiger partial charge >= 0.3 is 5.97 Å². The fourth-order valence-electron chi connectivity index (χ4n) is 1.82. The van der Waals surface area contributed by atoms with Gasteiger partial charge in [0.2, 0.25) is 5.91 Å². The molecule has 18 heavy (non-hydrogen) atoms. The molecule has 1 rings (SSSR count). The Hall–Kier alpha value is -1.17. The Morgan fingerprint density at radius 2 is 2.06 bits per heavy atom. The Kier molecular flexibility index (Phi) is 5.53. The van der Waals surface area contributed by atoms with E-state index >= 15 is 0 Å². The molecule has 0 heterocycles. The van der Waals surface area contributed by atoms with E-state index < -0.39 is 5.92 Å². The van der Waals surface area contributed by atoms with Crippen molar-refractivity contribution in [2.24, 2.45) is 11.7 Å². The van der Waals surface area contributed by atoms with E-state index in [1.54, 1.807) is 11.8 Å². The number of ether oxygens (including phenoxy) is 1. The third-order valence-electron chi connectivity index (χ3n) is 2.93. The monoisotopic (exact) mass is 272 g/mol. The van der Waals surface area contributed by atoms with Crippen LogP contribution in [0.15, 0.2) is 0 Å². The lowest BCUT2D eigenvalue weighted by Gasteiger charge is -2.25. The van der Waals surface area contributed by atoms with Gasteiger partial charge in [0.15, 0.2) is 0 Å². The summed E-state index contributed by atoms with van der Waals surface area (Å²) in [5.74, 6) is -1.01. The molecule has 0 aromatic heterocycles. The zero-order valence-corrected chi connectivity index (χ0v) is 11.7. The van der Waals surface area contributed by atoms with Crippen molar-refractivity contribution in [1.29, 1.82) is 0 Å². The molecule has 1 aliphatic carbocycles. The van der Waals surface area contributed by atoms with Gasteiger partial charge in [-0.15, -0.1) is 0 Å².